The molecular weight excluding hydrogens is 245 g/mol. The summed E-state index contributed by atoms with van der Waals surface area (Å²) in [7, 11) is 0. The van der Waals surface area contributed by atoms with Crippen molar-refractivity contribution in [3.05, 3.63) is 34.6 Å². The van der Waals surface area contributed by atoms with E-state index in [1.807, 2.05) is 0 Å². The summed E-state index contributed by atoms with van der Waals surface area (Å²) in [4.78, 5) is 11.0. The van der Waals surface area contributed by atoms with Gasteiger partial charge in [-0.25, -0.2) is 9.18 Å². The highest BCUT2D eigenvalue weighted by Crippen LogP contribution is 2.34. The van der Waals surface area contributed by atoms with E-state index in [0.717, 1.165) is 12.1 Å². The molecule has 0 radical (unpaired) electrons. The zero-order valence-corrected chi connectivity index (χ0v) is 9.02. The first kappa shape index (κ1) is 12.8. The quantitative estimate of drug-likeness (QED) is 0.773. The Hall–Kier alpha value is -1.23. The fraction of sp³-hybridized carbons (Fsp3) is 0.300. The fourth-order valence-electron chi connectivity index (χ4n) is 1.07. The molecule has 6 heteroatoms. The summed E-state index contributed by atoms with van der Waals surface area (Å²) in [6.45, 7) is 1.20. The number of hydrogen-bond donors (Lipinski definition) is 0. The largest absolute Gasteiger partial charge is 0.461 e. The lowest BCUT2D eigenvalue weighted by molar-refractivity contribution is -0.173. The fourth-order valence-corrected chi connectivity index (χ4v) is 1.31. The van der Waals surface area contributed by atoms with E-state index < -0.39 is 23.3 Å². The monoisotopic (exact) mass is 252 g/mol. The number of carbonyl (C=O) groups is 1. The Labute approximate surface area is 95.0 Å². The minimum Gasteiger partial charge on any atom is -0.461 e. The summed E-state index contributed by atoms with van der Waals surface area (Å²) in [5.41, 5.74) is -0.896. The highest BCUT2D eigenvalue weighted by atomic mass is 35.5. The molecule has 0 aliphatic heterocycles. The van der Waals surface area contributed by atoms with Crippen molar-refractivity contribution in [1.82, 2.24) is 0 Å². The molecule has 1 aromatic rings. The molecule has 0 heterocycles. The summed E-state index contributed by atoms with van der Waals surface area (Å²) in [5, 5.41) is -0.389. The van der Waals surface area contributed by atoms with Crippen molar-refractivity contribution in [2.24, 2.45) is 0 Å². The van der Waals surface area contributed by atoms with Crippen molar-refractivity contribution < 1.29 is 22.7 Å². The molecule has 16 heavy (non-hydrogen) atoms. The molecule has 0 atom stereocenters. The molecule has 1 rings (SSSR count). The van der Waals surface area contributed by atoms with Crippen LogP contribution in [-0.4, -0.2) is 12.6 Å². The van der Waals surface area contributed by atoms with Gasteiger partial charge in [0.15, 0.2) is 0 Å². The first-order valence-electron chi connectivity index (χ1n) is 4.40. The molecule has 88 valence electrons. The van der Waals surface area contributed by atoms with Gasteiger partial charge in [0.25, 0.3) is 0 Å². The molecule has 0 N–H and O–H groups in total. The van der Waals surface area contributed by atoms with Crippen molar-refractivity contribution in [3.8, 4) is 0 Å². The summed E-state index contributed by atoms with van der Waals surface area (Å²) in [5.74, 6) is -6.60. The second kappa shape index (κ2) is 4.74. The number of alkyl halides is 2. The molecule has 0 aliphatic rings. The van der Waals surface area contributed by atoms with Crippen LogP contribution < -0.4 is 0 Å². The third-order valence-corrected chi connectivity index (χ3v) is 2.13. The molecule has 0 aliphatic carbocycles. The summed E-state index contributed by atoms with van der Waals surface area (Å²) >= 11 is 5.47. The van der Waals surface area contributed by atoms with Crippen LogP contribution in [0.5, 0.6) is 0 Å². The molecular formula is C10H8ClF3O2. The topological polar surface area (TPSA) is 26.3 Å². The lowest BCUT2D eigenvalue weighted by Gasteiger charge is -2.16. The van der Waals surface area contributed by atoms with Gasteiger partial charge >= 0.3 is 11.9 Å². The van der Waals surface area contributed by atoms with Crippen LogP contribution in [0.25, 0.3) is 0 Å². The lowest BCUT2D eigenvalue weighted by atomic mass is 10.1. The van der Waals surface area contributed by atoms with Gasteiger partial charge in [0, 0.05) is 0 Å². The number of hydrogen-bond acceptors (Lipinski definition) is 2. The standard InChI is InChI=1S/C10H8ClF3O2/c1-2-16-9(15)10(13,14)7-5-6(12)3-4-8(7)11/h3-5H,2H2,1H3. The number of esters is 1. The molecule has 0 amide bonds. The molecule has 0 saturated carbocycles. The smallest absolute Gasteiger partial charge is 0.382 e. The van der Waals surface area contributed by atoms with Crippen LogP contribution >= 0.6 is 11.6 Å². The predicted octanol–water partition coefficient (Wildman–Crippen LogP) is 3.13. The lowest BCUT2D eigenvalue weighted by Crippen LogP contribution is -2.28. The van der Waals surface area contributed by atoms with Gasteiger partial charge in [0.1, 0.15) is 5.82 Å². The van der Waals surface area contributed by atoms with Crippen molar-refractivity contribution in [3.63, 3.8) is 0 Å². The van der Waals surface area contributed by atoms with E-state index in [1.54, 1.807) is 0 Å². The zero-order valence-electron chi connectivity index (χ0n) is 8.27. The maximum Gasteiger partial charge on any atom is 0.382 e. The number of halogens is 4. The van der Waals surface area contributed by atoms with Crippen molar-refractivity contribution >= 4 is 17.6 Å². The third-order valence-electron chi connectivity index (χ3n) is 1.80. The van der Waals surface area contributed by atoms with E-state index in [2.05, 4.69) is 4.74 Å². The van der Waals surface area contributed by atoms with Gasteiger partial charge < -0.3 is 4.74 Å². The highest BCUT2D eigenvalue weighted by molar-refractivity contribution is 6.31. The Morgan fingerprint density at radius 3 is 2.69 bits per heavy atom. The normalized spacial score (nSPS) is 11.3. The summed E-state index contributed by atoms with van der Waals surface area (Å²) in [6, 6.07) is 2.39. The highest BCUT2D eigenvalue weighted by Gasteiger charge is 2.44. The van der Waals surface area contributed by atoms with E-state index in [1.165, 1.54) is 6.92 Å². The third kappa shape index (κ3) is 2.47. The SMILES string of the molecule is CCOC(=O)C(F)(F)c1cc(F)ccc1Cl. The van der Waals surface area contributed by atoms with Crippen LogP contribution in [0.3, 0.4) is 0 Å². The first-order valence-corrected chi connectivity index (χ1v) is 4.78. The van der Waals surface area contributed by atoms with Gasteiger partial charge in [-0.15, -0.1) is 0 Å². The zero-order chi connectivity index (χ0) is 12.3. The van der Waals surface area contributed by atoms with E-state index in [9.17, 15) is 18.0 Å². The van der Waals surface area contributed by atoms with Crippen LogP contribution in [0.2, 0.25) is 5.02 Å². The average molecular weight is 253 g/mol. The van der Waals surface area contributed by atoms with Crippen molar-refractivity contribution in [2.45, 2.75) is 12.8 Å². The van der Waals surface area contributed by atoms with E-state index in [-0.39, 0.29) is 11.6 Å². The molecule has 0 aromatic heterocycles. The molecule has 0 unspecified atom stereocenters. The van der Waals surface area contributed by atoms with Gasteiger partial charge in [0.05, 0.1) is 17.2 Å². The molecule has 0 fully saturated rings. The minimum atomic E-state index is -3.95. The average Bonchev–Trinajstić information content (AvgIpc) is 2.22. The molecule has 1 aromatic carbocycles. The second-order valence-corrected chi connectivity index (χ2v) is 3.33. The maximum absolute atomic E-state index is 13.5. The van der Waals surface area contributed by atoms with Crippen LogP contribution in [0, 0.1) is 5.82 Å². The van der Waals surface area contributed by atoms with Gasteiger partial charge in [0.2, 0.25) is 0 Å². The molecule has 0 bridgehead atoms. The van der Waals surface area contributed by atoms with Gasteiger partial charge in [-0.05, 0) is 25.1 Å². The van der Waals surface area contributed by atoms with Crippen LogP contribution in [0.4, 0.5) is 13.2 Å². The maximum atomic E-state index is 13.5. The Morgan fingerprint density at radius 1 is 1.50 bits per heavy atom. The summed E-state index contributed by atoms with van der Waals surface area (Å²) in [6.07, 6.45) is 0. The Balaban J connectivity index is 3.15. The molecule has 0 spiro atoms. The van der Waals surface area contributed by atoms with Crippen molar-refractivity contribution in [2.75, 3.05) is 6.61 Å². The van der Waals surface area contributed by atoms with Crippen LogP contribution in [-0.2, 0) is 15.5 Å². The van der Waals surface area contributed by atoms with E-state index >= 15 is 0 Å². The van der Waals surface area contributed by atoms with Gasteiger partial charge in [-0.2, -0.15) is 8.78 Å². The summed E-state index contributed by atoms with van der Waals surface area (Å²) < 4.78 is 43.9. The molecule has 2 nitrogen and oxygen atoms in total. The van der Waals surface area contributed by atoms with Crippen LogP contribution in [0.15, 0.2) is 18.2 Å². The minimum absolute atomic E-state index is 0.193. The molecule has 0 saturated heterocycles. The Kier molecular flexibility index (Phi) is 3.80. The van der Waals surface area contributed by atoms with E-state index in [4.69, 9.17) is 11.6 Å². The van der Waals surface area contributed by atoms with Crippen molar-refractivity contribution in [1.29, 1.82) is 0 Å². The van der Waals surface area contributed by atoms with Gasteiger partial charge in [-0.1, -0.05) is 11.6 Å². The van der Waals surface area contributed by atoms with E-state index in [0.29, 0.717) is 6.07 Å². The Morgan fingerprint density at radius 2 is 2.12 bits per heavy atom. The first-order chi connectivity index (χ1) is 7.39. The Bertz CT molecular complexity index is 407. The predicted molar refractivity (Wildman–Crippen MR) is 51.9 cm³/mol. The van der Waals surface area contributed by atoms with Crippen LogP contribution in [0.1, 0.15) is 12.5 Å². The number of benzene rings is 1. The number of ether oxygens (including phenoxy) is 1. The van der Waals surface area contributed by atoms with Gasteiger partial charge in [-0.3, -0.25) is 0 Å². The second-order valence-electron chi connectivity index (χ2n) is 2.92. The number of rotatable bonds is 3. The number of carbonyl (C=O) groups excluding carboxylic acids is 1.